The molecule has 4 heteroatoms. The fraction of sp³-hybridized carbons (Fsp3) is 0.714. The van der Waals surface area contributed by atoms with E-state index in [-0.39, 0.29) is 0 Å². The van der Waals surface area contributed by atoms with Crippen LogP contribution in [0.15, 0.2) is 12.0 Å². The molecule has 0 spiro atoms. The third-order valence-corrected chi connectivity index (χ3v) is 1.33. The second kappa shape index (κ2) is 5.39. The van der Waals surface area contributed by atoms with Crippen LogP contribution >= 0.6 is 9.47 Å². The van der Waals surface area contributed by atoms with Gasteiger partial charge in [-0.05, 0) is 14.1 Å². The van der Waals surface area contributed by atoms with Gasteiger partial charge >= 0.3 is 0 Å². The standard InChI is InChI=1S/C7H17N2OP/c1-8(2)5-7(10-11)6-9(3)4/h5H,6,11H2,1-4H3. The smallest absolute Gasteiger partial charge is 0.129 e. The van der Waals surface area contributed by atoms with Gasteiger partial charge in [0, 0.05) is 20.3 Å². The van der Waals surface area contributed by atoms with E-state index in [1.54, 1.807) is 0 Å². The molecule has 0 aliphatic rings. The van der Waals surface area contributed by atoms with Crippen LogP contribution in [0.2, 0.25) is 0 Å². The van der Waals surface area contributed by atoms with Gasteiger partial charge < -0.3 is 14.3 Å². The quantitative estimate of drug-likeness (QED) is 0.464. The topological polar surface area (TPSA) is 15.7 Å². The van der Waals surface area contributed by atoms with Gasteiger partial charge in [0.1, 0.15) is 5.76 Å². The Labute approximate surface area is 71.3 Å². The zero-order valence-corrected chi connectivity index (χ0v) is 8.82. The number of likely N-dealkylation sites (N-methyl/N-ethyl adjacent to an activating group) is 1. The van der Waals surface area contributed by atoms with E-state index in [2.05, 4.69) is 14.4 Å². The number of hydrogen-bond acceptors (Lipinski definition) is 3. The Bertz CT molecular complexity index is 134. The van der Waals surface area contributed by atoms with Crippen LogP contribution in [-0.2, 0) is 4.52 Å². The summed E-state index contributed by atoms with van der Waals surface area (Å²) in [5.74, 6) is 0.935. The Balaban J connectivity index is 3.94. The van der Waals surface area contributed by atoms with Crippen molar-refractivity contribution < 1.29 is 4.52 Å². The second-order valence-corrected chi connectivity index (χ2v) is 3.15. The molecule has 0 aliphatic heterocycles. The van der Waals surface area contributed by atoms with E-state index >= 15 is 0 Å². The van der Waals surface area contributed by atoms with Crippen LogP contribution in [0.25, 0.3) is 0 Å². The summed E-state index contributed by atoms with van der Waals surface area (Å²) >= 11 is 0. The van der Waals surface area contributed by atoms with Gasteiger partial charge in [-0.15, -0.1) is 0 Å². The van der Waals surface area contributed by atoms with Gasteiger partial charge in [0.15, 0.2) is 0 Å². The molecule has 0 amide bonds. The van der Waals surface area contributed by atoms with Gasteiger partial charge in [-0.3, -0.25) is 0 Å². The maximum Gasteiger partial charge on any atom is 0.129 e. The zero-order valence-electron chi connectivity index (χ0n) is 7.66. The van der Waals surface area contributed by atoms with E-state index in [0.717, 1.165) is 12.3 Å². The van der Waals surface area contributed by atoms with Crippen molar-refractivity contribution >= 4 is 9.47 Å². The van der Waals surface area contributed by atoms with Crippen LogP contribution in [-0.4, -0.2) is 44.5 Å². The molecule has 0 aromatic carbocycles. The molecule has 3 nitrogen and oxygen atoms in total. The van der Waals surface area contributed by atoms with Crippen LogP contribution in [0.4, 0.5) is 0 Å². The fourth-order valence-corrected chi connectivity index (χ4v) is 0.844. The minimum atomic E-state index is 0.821. The summed E-state index contributed by atoms with van der Waals surface area (Å²) < 4.78 is 5.07. The fourth-order valence-electron chi connectivity index (χ4n) is 0.708. The normalized spacial score (nSPS) is 12.0. The van der Waals surface area contributed by atoms with Crippen molar-refractivity contribution in [2.75, 3.05) is 34.7 Å². The summed E-state index contributed by atoms with van der Waals surface area (Å²) in [6.45, 7) is 0.821. The number of hydrogen-bond donors (Lipinski definition) is 0. The summed E-state index contributed by atoms with van der Waals surface area (Å²) in [5.41, 5.74) is 0. The molecular formula is C7H17N2OP. The van der Waals surface area contributed by atoms with Crippen LogP contribution in [0.1, 0.15) is 0 Å². The molecule has 0 rings (SSSR count). The molecule has 0 aromatic rings. The van der Waals surface area contributed by atoms with Crippen molar-refractivity contribution in [3.05, 3.63) is 12.0 Å². The van der Waals surface area contributed by atoms with Gasteiger partial charge in [-0.1, -0.05) is 0 Å². The summed E-state index contributed by atoms with van der Waals surface area (Å²) in [5, 5.41) is 0. The lowest BCUT2D eigenvalue weighted by Gasteiger charge is -2.14. The Hall–Kier alpha value is -0.270. The monoisotopic (exact) mass is 176 g/mol. The van der Waals surface area contributed by atoms with Crippen molar-refractivity contribution in [3.8, 4) is 0 Å². The van der Waals surface area contributed by atoms with Crippen molar-refractivity contribution in [2.24, 2.45) is 0 Å². The first-order valence-corrected chi connectivity index (χ1v) is 3.92. The predicted molar refractivity (Wildman–Crippen MR) is 51.1 cm³/mol. The highest BCUT2D eigenvalue weighted by Crippen LogP contribution is 2.03. The Morgan fingerprint density at radius 1 is 1.36 bits per heavy atom. The van der Waals surface area contributed by atoms with E-state index in [1.165, 1.54) is 0 Å². The molecule has 66 valence electrons. The molecule has 0 bridgehead atoms. The maximum atomic E-state index is 5.07. The van der Waals surface area contributed by atoms with Gasteiger partial charge in [0.25, 0.3) is 0 Å². The summed E-state index contributed by atoms with van der Waals surface area (Å²) in [7, 11) is 10.2. The molecule has 11 heavy (non-hydrogen) atoms. The molecule has 0 aromatic heterocycles. The lowest BCUT2D eigenvalue weighted by Crippen LogP contribution is -2.17. The van der Waals surface area contributed by atoms with Crippen LogP contribution in [0.3, 0.4) is 0 Å². The second-order valence-electron chi connectivity index (χ2n) is 2.91. The van der Waals surface area contributed by atoms with Crippen LogP contribution in [0.5, 0.6) is 0 Å². The van der Waals surface area contributed by atoms with Crippen molar-refractivity contribution in [1.29, 1.82) is 0 Å². The van der Waals surface area contributed by atoms with Gasteiger partial charge in [-0.25, -0.2) is 0 Å². The molecule has 0 radical (unpaired) electrons. The highest BCUT2D eigenvalue weighted by molar-refractivity contribution is 7.10. The van der Waals surface area contributed by atoms with Crippen molar-refractivity contribution in [1.82, 2.24) is 9.80 Å². The van der Waals surface area contributed by atoms with Gasteiger partial charge in [-0.2, -0.15) is 0 Å². The first-order valence-electron chi connectivity index (χ1n) is 3.45. The largest absolute Gasteiger partial charge is 0.482 e. The lowest BCUT2D eigenvalue weighted by molar-refractivity contribution is 0.352. The van der Waals surface area contributed by atoms with Gasteiger partial charge in [0.2, 0.25) is 0 Å². The first-order chi connectivity index (χ1) is 5.06. The number of rotatable bonds is 4. The third kappa shape index (κ3) is 6.14. The predicted octanol–water partition coefficient (Wildman–Crippen LogP) is 0.758. The Kier molecular flexibility index (Phi) is 5.26. The van der Waals surface area contributed by atoms with E-state index < -0.39 is 0 Å². The Morgan fingerprint density at radius 3 is 2.18 bits per heavy atom. The molecule has 0 fully saturated rings. The van der Waals surface area contributed by atoms with E-state index in [1.807, 2.05) is 39.3 Å². The number of nitrogens with zero attached hydrogens (tertiary/aromatic N) is 2. The third-order valence-electron chi connectivity index (χ3n) is 1.03. The first kappa shape index (κ1) is 10.7. The lowest BCUT2D eigenvalue weighted by atomic mass is 10.5. The van der Waals surface area contributed by atoms with Gasteiger partial charge in [0.05, 0.1) is 16.0 Å². The molecule has 0 saturated heterocycles. The van der Waals surface area contributed by atoms with Crippen LogP contribution in [0, 0.1) is 0 Å². The van der Waals surface area contributed by atoms with E-state index in [0.29, 0.717) is 0 Å². The summed E-state index contributed by atoms with van der Waals surface area (Å²) in [6, 6.07) is 0. The molecule has 1 unspecified atom stereocenters. The highest BCUT2D eigenvalue weighted by atomic mass is 31.0. The maximum absolute atomic E-state index is 5.07. The van der Waals surface area contributed by atoms with E-state index in [4.69, 9.17) is 4.52 Å². The van der Waals surface area contributed by atoms with Crippen LogP contribution < -0.4 is 0 Å². The van der Waals surface area contributed by atoms with Crippen molar-refractivity contribution in [2.45, 2.75) is 0 Å². The minimum Gasteiger partial charge on any atom is -0.482 e. The van der Waals surface area contributed by atoms with Crippen molar-refractivity contribution in [3.63, 3.8) is 0 Å². The molecular weight excluding hydrogens is 159 g/mol. The average molecular weight is 176 g/mol. The molecule has 0 saturated carbocycles. The SMILES string of the molecule is CN(C)C=C(CN(C)C)OP. The molecule has 1 atom stereocenters. The highest BCUT2D eigenvalue weighted by Gasteiger charge is 1.97. The minimum absolute atomic E-state index is 0.821. The average Bonchev–Trinajstić information content (AvgIpc) is 1.84. The molecule has 0 N–H and O–H groups in total. The zero-order chi connectivity index (χ0) is 8.85. The van der Waals surface area contributed by atoms with E-state index in [9.17, 15) is 0 Å². The summed E-state index contributed by atoms with van der Waals surface area (Å²) in [4.78, 5) is 4.02. The molecule has 0 heterocycles. The summed E-state index contributed by atoms with van der Waals surface area (Å²) in [6.07, 6.45) is 1.95. The Morgan fingerprint density at radius 2 is 1.91 bits per heavy atom. The molecule has 0 aliphatic carbocycles.